The minimum absolute atomic E-state index is 0.210. The van der Waals surface area contributed by atoms with Crippen molar-refractivity contribution >= 4 is 28.8 Å². The van der Waals surface area contributed by atoms with Crippen LogP contribution in [0.4, 0.5) is 11.5 Å². The third kappa shape index (κ3) is 5.01. The molecule has 0 spiro atoms. The molecule has 2 aliphatic heterocycles. The average Bonchev–Trinajstić information content (AvgIpc) is 3.46. The minimum Gasteiger partial charge on any atom is -0.398 e. The van der Waals surface area contributed by atoms with Crippen LogP contribution >= 0.6 is 11.6 Å². The predicted molar refractivity (Wildman–Crippen MR) is 164 cm³/mol. The van der Waals surface area contributed by atoms with Crippen LogP contribution in [-0.4, -0.2) is 32.0 Å². The first-order chi connectivity index (χ1) is 19.9. The van der Waals surface area contributed by atoms with E-state index in [1.165, 1.54) is 16.7 Å². The Kier molecular flexibility index (Phi) is 7.56. The number of benzene rings is 1. The Morgan fingerprint density at radius 3 is 2.78 bits per heavy atom. The maximum Gasteiger partial charge on any atom is 0.136 e. The highest BCUT2D eigenvalue weighted by atomic mass is 35.5. The number of halogens is 1. The first-order valence-corrected chi connectivity index (χ1v) is 15.2. The highest BCUT2D eigenvalue weighted by molar-refractivity contribution is 6.34. The minimum atomic E-state index is 0.210. The van der Waals surface area contributed by atoms with E-state index in [-0.39, 0.29) is 5.92 Å². The molecule has 0 saturated carbocycles. The summed E-state index contributed by atoms with van der Waals surface area (Å²) in [4.78, 5) is 17.1. The maximum absolute atomic E-state index is 10.0. The summed E-state index contributed by atoms with van der Waals surface area (Å²) in [6.45, 7) is 8.71. The zero-order valence-corrected chi connectivity index (χ0v) is 24.9. The van der Waals surface area contributed by atoms with Crippen LogP contribution in [0.3, 0.4) is 0 Å². The molecule has 0 radical (unpaired) electrons. The normalized spacial score (nSPS) is 18.3. The number of aryl methyl sites for hydroxylation is 3. The van der Waals surface area contributed by atoms with Crippen molar-refractivity contribution < 1.29 is 0 Å². The molecule has 6 rings (SSSR count). The summed E-state index contributed by atoms with van der Waals surface area (Å²) in [5.74, 6) is 2.09. The van der Waals surface area contributed by atoms with Crippen molar-refractivity contribution in [1.82, 2.24) is 19.7 Å². The molecule has 0 bridgehead atoms. The zero-order valence-electron chi connectivity index (χ0n) is 24.2. The summed E-state index contributed by atoms with van der Waals surface area (Å²) >= 11 is 6.98. The Labute approximate surface area is 247 Å². The Bertz CT molecular complexity index is 1610. The number of hydrogen-bond donors (Lipinski definition) is 1. The van der Waals surface area contributed by atoms with Crippen molar-refractivity contribution in [2.75, 3.05) is 17.2 Å². The first kappa shape index (κ1) is 27.5. The largest absolute Gasteiger partial charge is 0.398 e. The van der Waals surface area contributed by atoms with Gasteiger partial charge in [0.15, 0.2) is 0 Å². The van der Waals surface area contributed by atoms with Crippen LogP contribution in [0.2, 0.25) is 5.02 Å². The van der Waals surface area contributed by atoms with Gasteiger partial charge in [0.05, 0.1) is 34.2 Å². The fourth-order valence-electron chi connectivity index (χ4n) is 6.61. The number of aromatic nitrogens is 4. The predicted octanol–water partition coefficient (Wildman–Crippen LogP) is 6.07. The smallest absolute Gasteiger partial charge is 0.136 e. The Balaban J connectivity index is 1.35. The summed E-state index contributed by atoms with van der Waals surface area (Å²) in [6, 6.07) is 6.41. The molecule has 2 aromatic heterocycles. The van der Waals surface area contributed by atoms with Crippen molar-refractivity contribution in [2.24, 2.45) is 4.99 Å². The number of nitriles is 1. The van der Waals surface area contributed by atoms with E-state index < -0.39 is 0 Å². The second-order valence-electron chi connectivity index (χ2n) is 11.5. The lowest BCUT2D eigenvalue weighted by atomic mass is 9.78. The monoisotopic (exact) mass is 568 g/mol. The number of aliphatic imine (C=N–C) groups is 1. The van der Waals surface area contributed by atoms with Gasteiger partial charge < -0.3 is 10.6 Å². The molecule has 4 heterocycles. The van der Waals surface area contributed by atoms with Crippen molar-refractivity contribution in [2.45, 2.75) is 91.1 Å². The average molecular weight is 569 g/mol. The van der Waals surface area contributed by atoms with E-state index in [4.69, 9.17) is 32.4 Å². The van der Waals surface area contributed by atoms with E-state index >= 15 is 0 Å². The second-order valence-corrected chi connectivity index (χ2v) is 11.9. The van der Waals surface area contributed by atoms with Crippen molar-refractivity contribution in [3.05, 3.63) is 74.1 Å². The van der Waals surface area contributed by atoms with Crippen molar-refractivity contribution in [3.8, 4) is 6.07 Å². The number of allylic oxidation sites excluding steroid dienone is 1. The summed E-state index contributed by atoms with van der Waals surface area (Å²) in [5, 5.41) is 15.6. The molecule has 1 atom stereocenters. The molecule has 0 saturated heterocycles. The van der Waals surface area contributed by atoms with E-state index in [1.807, 2.05) is 12.3 Å². The van der Waals surface area contributed by atoms with Crippen molar-refractivity contribution in [3.63, 3.8) is 0 Å². The SMILES string of the molecule is CCCc1ccc(N)c(C#N)c1C1CCc2c(nc(CC)nc2N2CCCn3nc(C4=NC=C(C)C4)c(Cl)c3C2)C1. The van der Waals surface area contributed by atoms with Gasteiger partial charge in [-0.2, -0.15) is 10.4 Å². The highest BCUT2D eigenvalue weighted by Gasteiger charge is 2.32. The van der Waals surface area contributed by atoms with E-state index in [9.17, 15) is 5.26 Å². The Morgan fingerprint density at radius 1 is 1.20 bits per heavy atom. The van der Waals surface area contributed by atoms with Crippen LogP contribution in [0.15, 0.2) is 28.9 Å². The summed E-state index contributed by atoms with van der Waals surface area (Å²) < 4.78 is 2.07. The topological polar surface area (TPSA) is 109 Å². The molecular weight excluding hydrogens is 532 g/mol. The number of hydrogen-bond acceptors (Lipinski definition) is 7. The van der Waals surface area contributed by atoms with E-state index in [0.29, 0.717) is 22.8 Å². The molecule has 3 aromatic rings. The molecule has 3 aliphatic rings. The lowest BCUT2D eigenvalue weighted by Gasteiger charge is -2.31. The number of rotatable bonds is 6. The van der Waals surface area contributed by atoms with Crippen LogP contribution in [0, 0.1) is 11.3 Å². The molecule has 8 nitrogen and oxygen atoms in total. The van der Waals surface area contributed by atoms with Crippen molar-refractivity contribution in [1.29, 1.82) is 5.26 Å². The van der Waals surface area contributed by atoms with Gasteiger partial charge in [0, 0.05) is 43.4 Å². The van der Waals surface area contributed by atoms with Crippen LogP contribution in [0.5, 0.6) is 0 Å². The molecule has 212 valence electrons. The summed E-state index contributed by atoms with van der Waals surface area (Å²) in [6.07, 6.45) is 8.96. The van der Waals surface area contributed by atoms with Gasteiger partial charge >= 0.3 is 0 Å². The fraction of sp³-hybridized carbons (Fsp3) is 0.469. The van der Waals surface area contributed by atoms with E-state index in [1.54, 1.807) is 0 Å². The van der Waals surface area contributed by atoms with Crippen LogP contribution in [0.25, 0.3) is 0 Å². The first-order valence-electron chi connectivity index (χ1n) is 14.8. The molecule has 0 fully saturated rings. The fourth-order valence-corrected chi connectivity index (χ4v) is 6.91. The lowest BCUT2D eigenvalue weighted by molar-refractivity contribution is 0.557. The third-order valence-corrected chi connectivity index (χ3v) is 9.01. The van der Waals surface area contributed by atoms with Crippen LogP contribution in [0.1, 0.15) is 97.5 Å². The van der Waals surface area contributed by atoms with Gasteiger partial charge in [-0.05, 0) is 67.7 Å². The van der Waals surface area contributed by atoms with Gasteiger partial charge in [-0.1, -0.05) is 37.9 Å². The molecular formula is C32H37ClN8. The summed E-state index contributed by atoms with van der Waals surface area (Å²) in [7, 11) is 0. The Morgan fingerprint density at radius 2 is 2.05 bits per heavy atom. The van der Waals surface area contributed by atoms with Gasteiger partial charge in [0.2, 0.25) is 0 Å². The third-order valence-electron chi connectivity index (χ3n) is 8.62. The highest BCUT2D eigenvalue weighted by Crippen LogP contribution is 2.40. The zero-order chi connectivity index (χ0) is 28.7. The van der Waals surface area contributed by atoms with Gasteiger partial charge in [-0.3, -0.25) is 9.67 Å². The van der Waals surface area contributed by atoms with E-state index in [2.05, 4.69) is 47.5 Å². The molecule has 1 unspecified atom stereocenters. The molecule has 1 aliphatic carbocycles. The molecule has 2 N–H and O–H groups in total. The van der Waals surface area contributed by atoms with E-state index in [0.717, 1.165) is 104 Å². The van der Waals surface area contributed by atoms with Gasteiger partial charge in [-0.15, -0.1) is 0 Å². The summed E-state index contributed by atoms with van der Waals surface area (Å²) in [5.41, 5.74) is 16.2. The number of nitrogen functional groups attached to an aromatic ring is 1. The van der Waals surface area contributed by atoms with Gasteiger partial charge in [0.25, 0.3) is 0 Å². The number of nitrogens with two attached hydrogens (primary N) is 1. The van der Waals surface area contributed by atoms with Gasteiger partial charge in [0.1, 0.15) is 23.4 Å². The standard InChI is InChI=1S/C32H37ClN8/c1-4-7-20-9-11-24(35)23(16-34)29(20)21-8-10-22-25(15-21)37-28(5-2)38-32(22)40-12-6-13-41-27(18-40)30(33)31(39-41)26-14-19(3)17-36-26/h9,11,17,21H,4-8,10,12-15,18,35H2,1-3H3. The van der Waals surface area contributed by atoms with Gasteiger partial charge in [-0.25, -0.2) is 9.97 Å². The molecule has 9 heteroatoms. The maximum atomic E-state index is 10.0. The Hall–Kier alpha value is -3.70. The number of anilines is 2. The lowest BCUT2D eigenvalue weighted by Crippen LogP contribution is -2.28. The quantitative estimate of drug-likeness (QED) is 0.361. The number of fused-ring (bicyclic) bond motifs is 2. The molecule has 1 aromatic carbocycles. The van der Waals surface area contributed by atoms with Crippen LogP contribution in [-0.2, 0) is 38.8 Å². The number of nitrogens with zero attached hydrogens (tertiary/aromatic N) is 7. The second kappa shape index (κ2) is 11.3. The molecule has 0 amide bonds. The molecule has 41 heavy (non-hydrogen) atoms. The van der Waals surface area contributed by atoms with Crippen LogP contribution < -0.4 is 10.6 Å².